The van der Waals surface area contributed by atoms with Crippen molar-refractivity contribution in [3.8, 4) is 0 Å². The van der Waals surface area contributed by atoms with Crippen molar-refractivity contribution in [3.63, 3.8) is 0 Å². The van der Waals surface area contributed by atoms with Crippen LogP contribution in [0.1, 0.15) is 31.2 Å². The van der Waals surface area contributed by atoms with Crippen molar-refractivity contribution in [2.45, 2.75) is 31.9 Å². The summed E-state index contributed by atoms with van der Waals surface area (Å²) >= 11 is 5.87. The van der Waals surface area contributed by atoms with Crippen LogP contribution in [-0.2, 0) is 11.0 Å². The summed E-state index contributed by atoms with van der Waals surface area (Å²) in [6.45, 7) is 0.640. The molecule has 0 saturated heterocycles. The zero-order chi connectivity index (χ0) is 22.7. The van der Waals surface area contributed by atoms with Crippen LogP contribution >= 0.6 is 11.6 Å². The summed E-state index contributed by atoms with van der Waals surface area (Å²) in [4.78, 5) is 16.7. The summed E-state index contributed by atoms with van der Waals surface area (Å²) in [5, 5.41) is 7.32. The van der Waals surface area contributed by atoms with Gasteiger partial charge in [0.05, 0.1) is 11.1 Å². The molecule has 0 radical (unpaired) electrons. The predicted molar refractivity (Wildman–Crippen MR) is 121 cm³/mol. The number of halogens is 4. The van der Waals surface area contributed by atoms with Gasteiger partial charge in [0, 0.05) is 40.4 Å². The summed E-state index contributed by atoms with van der Waals surface area (Å²) in [7, 11) is 0. The first-order chi connectivity index (χ1) is 15.3. The molecular formula is C24H23ClF3N3O. The normalized spacial score (nSPS) is 19.0. The maximum absolute atomic E-state index is 13.1. The number of nitrogens with zero attached hydrogens (tertiary/aromatic N) is 1. The third kappa shape index (κ3) is 5.33. The lowest BCUT2D eigenvalue weighted by Crippen LogP contribution is -2.29. The number of alkyl halides is 3. The van der Waals surface area contributed by atoms with Crippen molar-refractivity contribution in [2.75, 3.05) is 17.2 Å². The zero-order valence-electron chi connectivity index (χ0n) is 17.3. The highest BCUT2D eigenvalue weighted by Crippen LogP contribution is 2.34. The Morgan fingerprint density at radius 3 is 2.44 bits per heavy atom. The van der Waals surface area contributed by atoms with Crippen molar-refractivity contribution >= 4 is 39.8 Å². The second kappa shape index (κ2) is 9.36. The van der Waals surface area contributed by atoms with Gasteiger partial charge in [0.25, 0.3) is 0 Å². The van der Waals surface area contributed by atoms with Crippen molar-refractivity contribution in [1.82, 2.24) is 4.98 Å². The highest BCUT2D eigenvalue weighted by Gasteiger charge is 2.31. The number of aromatic nitrogens is 1. The Balaban J connectivity index is 1.33. The van der Waals surface area contributed by atoms with Crippen LogP contribution in [0.15, 0.2) is 54.7 Å². The highest BCUT2D eigenvalue weighted by atomic mass is 35.5. The fourth-order valence-electron chi connectivity index (χ4n) is 4.14. The number of fused-ring (bicyclic) bond motifs is 1. The molecule has 3 aromatic rings. The van der Waals surface area contributed by atoms with Crippen LogP contribution in [0, 0.1) is 11.8 Å². The van der Waals surface area contributed by atoms with Crippen molar-refractivity contribution < 1.29 is 18.0 Å². The number of carbonyl (C=O) groups is 1. The van der Waals surface area contributed by atoms with Crippen molar-refractivity contribution in [3.05, 3.63) is 65.3 Å². The van der Waals surface area contributed by atoms with E-state index in [-0.39, 0.29) is 11.8 Å². The van der Waals surface area contributed by atoms with Gasteiger partial charge in [0.2, 0.25) is 5.91 Å². The molecule has 1 amide bonds. The molecule has 2 aromatic carbocycles. The molecule has 1 heterocycles. The Bertz CT molecular complexity index is 1090. The minimum Gasteiger partial charge on any atom is -0.384 e. The summed E-state index contributed by atoms with van der Waals surface area (Å²) < 4.78 is 39.3. The van der Waals surface area contributed by atoms with Gasteiger partial charge in [-0.3, -0.25) is 9.78 Å². The van der Waals surface area contributed by atoms with E-state index in [1.165, 1.54) is 6.07 Å². The third-order valence-electron chi connectivity index (χ3n) is 5.98. The number of anilines is 2. The molecule has 4 rings (SSSR count). The fourth-order valence-corrected chi connectivity index (χ4v) is 4.26. The van der Waals surface area contributed by atoms with E-state index < -0.39 is 11.7 Å². The number of pyridine rings is 1. The SMILES string of the molecule is O=C(Nc1ccc(Cl)cc1)C1CCC(CNc2ccnc3ccc(C(F)(F)F)cc23)CC1. The summed E-state index contributed by atoms with van der Waals surface area (Å²) in [5.74, 6) is 0.320. The molecule has 0 aliphatic heterocycles. The molecule has 1 aliphatic carbocycles. The second-order valence-electron chi connectivity index (χ2n) is 8.18. The number of amides is 1. The van der Waals surface area contributed by atoms with Gasteiger partial charge >= 0.3 is 6.18 Å². The van der Waals surface area contributed by atoms with E-state index in [2.05, 4.69) is 15.6 Å². The minimum atomic E-state index is -4.40. The first kappa shape index (κ1) is 22.4. The van der Waals surface area contributed by atoms with Gasteiger partial charge in [-0.05, 0) is 80.1 Å². The molecule has 2 N–H and O–H groups in total. The molecule has 0 unspecified atom stereocenters. The van der Waals surface area contributed by atoms with Crippen LogP contribution in [0.25, 0.3) is 10.9 Å². The maximum Gasteiger partial charge on any atom is 0.416 e. The molecule has 8 heteroatoms. The Morgan fingerprint density at radius 1 is 1.03 bits per heavy atom. The number of hydrogen-bond acceptors (Lipinski definition) is 3. The molecule has 0 atom stereocenters. The van der Waals surface area contributed by atoms with E-state index in [0.29, 0.717) is 34.1 Å². The Hall–Kier alpha value is -2.80. The van der Waals surface area contributed by atoms with Crippen molar-refractivity contribution in [2.24, 2.45) is 11.8 Å². The van der Waals surface area contributed by atoms with E-state index in [1.807, 2.05) is 0 Å². The minimum absolute atomic E-state index is 0.0125. The number of nitrogens with one attached hydrogen (secondary N) is 2. The van der Waals surface area contributed by atoms with Gasteiger partial charge in [0.1, 0.15) is 0 Å². The van der Waals surface area contributed by atoms with Gasteiger partial charge in [-0.25, -0.2) is 0 Å². The first-order valence-electron chi connectivity index (χ1n) is 10.6. The molecule has 0 spiro atoms. The largest absolute Gasteiger partial charge is 0.416 e. The van der Waals surface area contributed by atoms with Crippen LogP contribution in [0.4, 0.5) is 24.5 Å². The van der Waals surface area contributed by atoms with E-state index in [4.69, 9.17) is 11.6 Å². The van der Waals surface area contributed by atoms with Gasteiger partial charge in [0.15, 0.2) is 0 Å². The Morgan fingerprint density at radius 2 is 1.75 bits per heavy atom. The molecular weight excluding hydrogens is 439 g/mol. The molecule has 32 heavy (non-hydrogen) atoms. The smallest absolute Gasteiger partial charge is 0.384 e. The molecule has 1 aromatic heterocycles. The van der Waals surface area contributed by atoms with Crippen LogP contribution in [0.3, 0.4) is 0 Å². The van der Waals surface area contributed by atoms with Crippen LogP contribution in [0.2, 0.25) is 5.02 Å². The number of hydrogen-bond donors (Lipinski definition) is 2. The van der Waals surface area contributed by atoms with Gasteiger partial charge in [-0.2, -0.15) is 13.2 Å². The topological polar surface area (TPSA) is 54.0 Å². The van der Waals surface area contributed by atoms with E-state index >= 15 is 0 Å². The average Bonchev–Trinajstić information content (AvgIpc) is 2.78. The second-order valence-corrected chi connectivity index (χ2v) is 8.62. The highest BCUT2D eigenvalue weighted by molar-refractivity contribution is 6.30. The van der Waals surface area contributed by atoms with Crippen LogP contribution in [0.5, 0.6) is 0 Å². The fraction of sp³-hybridized carbons (Fsp3) is 0.333. The average molecular weight is 462 g/mol. The summed E-state index contributed by atoms with van der Waals surface area (Å²) in [6.07, 6.45) is 0.509. The molecule has 4 nitrogen and oxygen atoms in total. The number of rotatable bonds is 5. The Labute approximate surface area is 189 Å². The lowest BCUT2D eigenvalue weighted by Gasteiger charge is -2.28. The molecule has 0 bridgehead atoms. The van der Waals surface area contributed by atoms with Gasteiger partial charge in [-0.1, -0.05) is 11.6 Å². The predicted octanol–water partition coefficient (Wildman–Crippen LogP) is 6.76. The molecule has 168 valence electrons. The van der Waals surface area contributed by atoms with Crippen molar-refractivity contribution in [1.29, 1.82) is 0 Å². The lowest BCUT2D eigenvalue weighted by atomic mass is 9.81. The molecule has 1 fully saturated rings. The maximum atomic E-state index is 13.1. The van der Waals surface area contributed by atoms with Gasteiger partial charge in [-0.15, -0.1) is 0 Å². The summed E-state index contributed by atoms with van der Waals surface area (Å²) in [6, 6.07) is 12.3. The first-order valence-corrected chi connectivity index (χ1v) is 10.9. The molecule has 1 aliphatic rings. The van der Waals surface area contributed by atoms with E-state index in [0.717, 1.165) is 43.5 Å². The number of benzene rings is 2. The standard InChI is InChI=1S/C24H23ClF3N3O/c25-18-6-8-19(9-7-18)31-23(32)16-3-1-15(2-4-16)14-30-22-11-12-29-21-10-5-17(13-20(21)22)24(26,27)28/h5-13,15-16H,1-4,14H2,(H,29,30)(H,31,32). The van der Waals surface area contributed by atoms with Gasteiger partial charge < -0.3 is 10.6 Å². The number of carbonyl (C=O) groups excluding carboxylic acids is 1. The summed E-state index contributed by atoms with van der Waals surface area (Å²) in [5.41, 5.74) is 1.20. The van der Waals surface area contributed by atoms with E-state index in [9.17, 15) is 18.0 Å². The monoisotopic (exact) mass is 461 g/mol. The molecule has 1 saturated carbocycles. The third-order valence-corrected chi connectivity index (χ3v) is 6.23. The Kier molecular flexibility index (Phi) is 6.55. The van der Waals surface area contributed by atoms with Crippen LogP contribution in [-0.4, -0.2) is 17.4 Å². The lowest BCUT2D eigenvalue weighted by molar-refractivity contribution is -0.137. The quantitative estimate of drug-likeness (QED) is 0.441. The zero-order valence-corrected chi connectivity index (χ0v) is 18.0. The van der Waals surface area contributed by atoms with E-state index in [1.54, 1.807) is 36.5 Å². The van der Waals surface area contributed by atoms with Crippen LogP contribution < -0.4 is 10.6 Å².